The number of amides is 1. The lowest BCUT2D eigenvalue weighted by Crippen LogP contribution is -2.42. The van der Waals surface area contributed by atoms with Gasteiger partial charge in [0, 0.05) is 0 Å². The first-order chi connectivity index (χ1) is 16.7. The Morgan fingerprint density at radius 1 is 1.00 bits per heavy atom. The van der Waals surface area contributed by atoms with Crippen molar-refractivity contribution in [1.82, 2.24) is 5.32 Å². The predicted octanol–water partition coefficient (Wildman–Crippen LogP) is 5.13. The van der Waals surface area contributed by atoms with E-state index >= 15 is 0 Å². The van der Waals surface area contributed by atoms with Crippen LogP contribution >= 0.6 is 11.6 Å². The second-order valence-corrected chi connectivity index (χ2v) is 10.2. The third kappa shape index (κ3) is 6.26. The first-order valence-electron chi connectivity index (χ1n) is 11.1. The van der Waals surface area contributed by atoms with E-state index in [4.69, 9.17) is 21.1 Å². The minimum Gasteiger partial charge on any atom is -0.497 e. The summed E-state index contributed by atoms with van der Waals surface area (Å²) in [6.45, 7) is 3.39. The van der Waals surface area contributed by atoms with E-state index in [1.807, 2.05) is 38.1 Å². The molecule has 0 saturated heterocycles. The molecule has 3 aromatic carbocycles. The van der Waals surface area contributed by atoms with Gasteiger partial charge in [-0.1, -0.05) is 48.4 Å². The molecule has 186 valence electrons. The van der Waals surface area contributed by atoms with E-state index in [1.165, 1.54) is 25.3 Å². The molecular formula is C26H29ClN2O5S. The minimum absolute atomic E-state index is 0.0741. The maximum Gasteiger partial charge on any atom is 0.264 e. The van der Waals surface area contributed by atoms with Crippen LogP contribution in [0, 0.1) is 6.92 Å². The molecule has 1 N–H and O–H groups in total. The molecule has 0 fully saturated rings. The highest BCUT2D eigenvalue weighted by Gasteiger charge is 2.28. The Labute approximate surface area is 211 Å². The van der Waals surface area contributed by atoms with Gasteiger partial charge in [-0.05, 0) is 61.4 Å². The number of rotatable bonds is 10. The van der Waals surface area contributed by atoms with Gasteiger partial charge in [0.25, 0.3) is 10.0 Å². The Kier molecular flexibility index (Phi) is 8.64. The molecule has 0 spiro atoms. The number of aryl methyl sites for hydroxylation is 1. The van der Waals surface area contributed by atoms with Crippen molar-refractivity contribution in [1.29, 1.82) is 0 Å². The van der Waals surface area contributed by atoms with Crippen LogP contribution in [-0.2, 0) is 14.8 Å². The van der Waals surface area contributed by atoms with Crippen molar-refractivity contribution in [3.63, 3.8) is 0 Å². The zero-order valence-corrected chi connectivity index (χ0v) is 21.7. The van der Waals surface area contributed by atoms with Crippen LogP contribution < -0.4 is 19.1 Å². The zero-order valence-electron chi connectivity index (χ0n) is 20.1. The third-order valence-electron chi connectivity index (χ3n) is 5.58. The van der Waals surface area contributed by atoms with Gasteiger partial charge in [0.05, 0.1) is 35.9 Å². The fourth-order valence-corrected chi connectivity index (χ4v) is 5.26. The number of nitrogens with zero attached hydrogens (tertiary/aromatic N) is 1. The molecular weight excluding hydrogens is 488 g/mol. The molecule has 0 aliphatic rings. The smallest absolute Gasteiger partial charge is 0.264 e. The average molecular weight is 517 g/mol. The molecule has 0 radical (unpaired) electrons. The van der Waals surface area contributed by atoms with Crippen molar-refractivity contribution in [3.8, 4) is 11.5 Å². The van der Waals surface area contributed by atoms with Crippen LogP contribution in [0.5, 0.6) is 11.5 Å². The Hall–Kier alpha value is -3.23. The monoisotopic (exact) mass is 516 g/mol. The number of anilines is 1. The number of benzene rings is 3. The fraction of sp³-hybridized carbons (Fsp3) is 0.269. The van der Waals surface area contributed by atoms with E-state index in [2.05, 4.69) is 5.32 Å². The Balaban J connectivity index is 1.93. The number of hydrogen-bond donors (Lipinski definition) is 1. The van der Waals surface area contributed by atoms with E-state index in [9.17, 15) is 13.2 Å². The highest BCUT2D eigenvalue weighted by atomic mass is 35.5. The molecule has 35 heavy (non-hydrogen) atoms. The highest BCUT2D eigenvalue weighted by Crippen LogP contribution is 2.32. The third-order valence-corrected chi connectivity index (χ3v) is 7.66. The number of carbonyl (C=O) groups is 1. The van der Waals surface area contributed by atoms with Gasteiger partial charge in [0.2, 0.25) is 5.91 Å². The van der Waals surface area contributed by atoms with Crippen LogP contribution in [-0.4, -0.2) is 35.1 Å². The van der Waals surface area contributed by atoms with E-state index in [-0.39, 0.29) is 21.6 Å². The molecule has 0 aliphatic carbocycles. The van der Waals surface area contributed by atoms with Crippen molar-refractivity contribution in [2.75, 3.05) is 25.1 Å². The second kappa shape index (κ2) is 11.5. The van der Waals surface area contributed by atoms with E-state index < -0.39 is 22.5 Å². The van der Waals surface area contributed by atoms with Crippen LogP contribution in [0.3, 0.4) is 0 Å². The summed E-state index contributed by atoms with van der Waals surface area (Å²) in [4.78, 5) is 13.2. The molecule has 3 rings (SSSR count). The SMILES string of the molecule is CCC(NC(=O)CN(c1ccc(OC)c(Cl)c1)S(=O)(=O)c1ccc(C)cc1)c1ccc(OC)cc1. The van der Waals surface area contributed by atoms with Gasteiger partial charge >= 0.3 is 0 Å². The summed E-state index contributed by atoms with van der Waals surface area (Å²) < 4.78 is 38.6. The lowest BCUT2D eigenvalue weighted by molar-refractivity contribution is -0.120. The Morgan fingerprint density at radius 3 is 2.20 bits per heavy atom. The molecule has 7 nitrogen and oxygen atoms in total. The molecule has 0 bridgehead atoms. The normalized spacial score (nSPS) is 12.0. The standard InChI is InChI=1S/C26H29ClN2O5S/c1-5-24(19-8-11-21(33-3)12-9-19)28-26(30)17-29(20-10-15-25(34-4)23(27)16-20)35(31,32)22-13-6-18(2)7-14-22/h6-16,24H,5,17H2,1-4H3,(H,28,30). The van der Waals surface area contributed by atoms with Gasteiger partial charge in [-0.3, -0.25) is 9.10 Å². The van der Waals surface area contributed by atoms with Crippen LogP contribution in [0.1, 0.15) is 30.5 Å². The number of methoxy groups -OCH3 is 2. The van der Waals surface area contributed by atoms with Crippen molar-refractivity contribution < 1.29 is 22.7 Å². The van der Waals surface area contributed by atoms with E-state index in [0.717, 1.165) is 15.4 Å². The van der Waals surface area contributed by atoms with Crippen LogP contribution in [0.4, 0.5) is 5.69 Å². The van der Waals surface area contributed by atoms with Crippen LogP contribution in [0.25, 0.3) is 0 Å². The van der Waals surface area contributed by atoms with Crippen molar-refractivity contribution in [3.05, 3.63) is 82.9 Å². The van der Waals surface area contributed by atoms with Crippen LogP contribution in [0.2, 0.25) is 5.02 Å². The fourth-order valence-electron chi connectivity index (χ4n) is 3.59. The maximum atomic E-state index is 13.6. The number of ether oxygens (including phenoxy) is 2. The Morgan fingerprint density at radius 2 is 1.66 bits per heavy atom. The molecule has 0 saturated carbocycles. The zero-order chi connectivity index (χ0) is 25.6. The minimum atomic E-state index is -4.06. The van der Waals surface area contributed by atoms with E-state index in [0.29, 0.717) is 17.9 Å². The number of sulfonamides is 1. The molecule has 1 amide bonds. The number of nitrogens with one attached hydrogen (secondary N) is 1. The summed E-state index contributed by atoms with van der Waals surface area (Å²) in [7, 11) is -1.00. The lowest BCUT2D eigenvalue weighted by atomic mass is 10.0. The second-order valence-electron chi connectivity index (χ2n) is 7.95. The molecule has 0 heterocycles. The lowest BCUT2D eigenvalue weighted by Gasteiger charge is -2.26. The van der Waals surface area contributed by atoms with Crippen molar-refractivity contribution in [2.24, 2.45) is 0 Å². The predicted molar refractivity (Wildman–Crippen MR) is 138 cm³/mol. The summed E-state index contributed by atoms with van der Waals surface area (Å²) in [5, 5.41) is 3.18. The summed E-state index contributed by atoms with van der Waals surface area (Å²) in [6, 6.07) is 18.1. The summed E-state index contributed by atoms with van der Waals surface area (Å²) in [5.74, 6) is 0.662. The molecule has 3 aromatic rings. The topological polar surface area (TPSA) is 84.9 Å². The highest BCUT2D eigenvalue weighted by molar-refractivity contribution is 7.92. The first kappa shape index (κ1) is 26.4. The quantitative estimate of drug-likeness (QED) is 0.404. The summed E-state index contributed by atoms with van der Waals surface area (Å²) in [6.07, 6.45) is 0.622. The van der Waals surface area contributed by atoms with E-state index in [1.54, 1.807) is 31.4 Å². The molecule has 0 aliphatic heterocycles. The van der Waals surface area contributed by atoms with Gasteiger partial charge in [-0.2, -0.15) is 0 Å². The van der Waals surface area contributed by atoms with Gasteiger partial charge in [0.15, 0.2) is 0 Å². The summed E-state index contributed by atoms with van der Waals surface area (Å²) in [5.41, 5.74) is 2.07. The molecule has 1 unspecified atom stereocenters. The average Bonchev–Trinajstić information content (AvgIpc) is 2.86. The van der Waals surface area contributed by atoms with Crippen molar-refractivity contribution in [2.45, 2.75) is 31.2 Å². The number of carbonyl (C=O) groups excluding carboxylic acids is 1. The molecule has 0 aromatic heterocycles. The Bertz CT molecular complexity index is 1260. The van der Waals surface area contributed by atoms with Gasteiger partial charge in [0.1, 0.15) is 18.0 Å². The summed E-state index contributed by atoms with van der Waals surface area (Å²) >= 11 is 6.28. The molecule has 1 atom stereocenters. The maximum absolute atomic E-state index is 13.6. The van der Waals surface area contributed by atoms with Gasteiger partial charge < -0.3 is 14.8 Å². The van der Waals surface area contributed by atoms with Crippen LogP contribution in [0.15, 0.2) is 71.6 Å². The van der Waals surface area contributed by atoms with Gasteiger partial charge in [-0.15, -0.1) is 0 Å². The molecule has 9 heteroatoms. The number of halogens is 1. The number of hydrogen-bond acceptors (Lipinski definition) is 5. The first-order valence-corrected chi connectivity index (χ1v) is 12.9. The van der Waals surface area contributed by atoms with Crippen molar-refractivity contribution >= 4 is 33.2 Å². The largest absolute Gasteiger partial charge is 0.497 e. The van der Waals surface area contributed by atoms with Gasteiger partial charge in [-0.25, -0.2) is 8.42 Å².